The fourth-order valence-electron chi connectivity index (χ4n) is 4.23. The Balaban J connectivity index is 1.39. The van der Waals surface area contributed by atoms with Gasteiger partial charge in [-0.1, -0.05) is 24.3 Å². The molecule has 1 aromatic heterocycles. The van der Waals surface area contributed by atoms with E-state index >= 15 is 0 Å². The number of amides is 1. The van der Waals surface area contributed by atoms with Crippen LogP contribution in [0, 0.1) is 5.41 Å². The van der Waals surface area contributed by atoms with Crippen molar-refractivity contribution in [1.82, 2.24) is 14.8 Å². The van der Waals surface area contributed by atoms with Crippen molar-refractivity contribution in [1.29, 1.82) is 0 Å². The van der Waals surface area contributed by atoms with Gasteiger partial charge in [0.1, 0.15) is 11.5 Å². The molecule has 2 fully saturated rings. The van der Waals surface area contributed by atoms with Gasteiger partial charge < -0.3 is 15.1 Å². The van der Waals surface area contributed by atoms with E-state index in [9.17, 15) is 4.79 Å². The zero-order chi connectivity index (χ0) is 18.7. The lowest BCUT2D eigenvalue weighted by Gasteiger charge is -2.46. The second kappa shape index (κ2) is 7.69. The molecule has 0 aliphatic carbocycles. The number of aromatic nitrogens is 1. The molecule has 1 amide bonds. The molecule has 2 aliphatic rings. The Morgan fingerprint density at radius 3 is 2.30 bits per heavy atom. The SMILES string of the molecule is CN1CCC2(CC1)CCN(C(=O)c1cccc(Nc3ccccc3)n1)CC2. The van der Waals surface area contributed by atoms with E-state index < -0.39 is 0 Å². The van der Waals surface area contributed by atoms with Crippen LogP contribution >= 0.6 is 0 Å². The fraction of sp³-hybridized carbons (Fsp3) is 0.455. The summed E-state index contributed by atoms with van der Waals surface area (Å²) in [5, 5.41) is 3.27. The average molecular weight is 364 g/mol. The van der Waals surface area contributed by atoms with Crippen LogP contribution in [0.1, 0.15) is 36.2 Å². The highest BCUT2D eigenvalue weighted by Crippen LogP contribution is 2.41. The number of hydrogen-bond donors (Lipinski definition) is 1. The first-order chi connectivity index (χ1) is 13.1. The standard InChI is InChI=1S/C22H28N4O/c1-25-14-10-22(11-15-25)12-16-26(17-13-22)21(27)19-8-5-9-20(24-19)23-18-6-3-2-4-7-18/h2-9H,10-17H2,1H3,(H,23,24). The van der Waals surface area contributed by atoms with Crippen LogP contribution < -0.4 is 5.32 Å². The molecule has 5 heteroatoms. The molecule has 142 valence electrons. The van der Waals surface area contributed by atoms with Gasteiger partial charge in [0, 0.05) is 18.8 Å². The third-order valence-electron chi connectivity index (χ3n) is 6.17. The maximum absolute atomic E-state index is 13.0. The summed E-state index contributed by atoms with van der Waals surface area (Å²) >= 11 is 0. The van der Waals surface area contributed by atoms with Crippen molar-refractivity contribution in [2.45, 2.75) is 25.7 Å². The Hall–Kier alpha value is -2.40. The quantitative estimate of drug-likeness (QED) is 0.901. The molecule has 0 bridgehead atoms. The minimum Gasteiger partial charge on any atom is -0.340 e. The number of hydrogen-bond acceptors (Lipinski definition) is 4. The summed E-state index contributed by atoms with van der Waals surface area (Å²) in [5.41, 5.74) is 1.94. The van der Waals surface area contributed by atoms with Gasteiger partial charge in [0.05, 0.1) is 0 Å². The van der Waals surface area contributed by atoms with Crippen LogP contribution in [0.3, 0.4) is 0 Å². The number of carbonyl (C=O) groups is 1. The van der Waals surface area contributed by atoms with Gasteiger partial charge in [-0.2, -0.15) is 0 Å². The molecule has 5 nitrogen and oxygen atoms in total. The predicted octanol–water partition coefficient (Wildman–Crippen LogP) is 3.77. The smallest absolute Gasteiger partial charge is 0.272 e. The zero-order valence-electron chi connectivity index (χ0n) is 16.0. The predicted molar refractivity (Wildman–Crippen MR) is 108 cm³/mol. The van der Waals surface area contributed by atoms with E-state index in [1.54, 1.807) is 0 Å². The van der Waals surface area contributed by atoms with E-state index in [0.29, 0.717) is 16.9 Å². The number of likely N-dealkylation sites (tertiary alicyclic amines) is 2. The molecule has 3 heterocycles. The largest absolute Gasteiger partial charge is 0.340 e. The Morgan fingerprint density at radius 2 is 1.59 bits per heavy atom. The number of para-hydroxylation sites is 1. The Labute approximate surface area is 161 Å². The van der Waals surface area contributed by atoms with E-state index in [0.717, 1.165) is 31.6 Å². The van der Waals surface area contributed by atoms with Crippen LogP contribution in [-0.2, 0) is 0 Å². The van der Waals surface area contributed by atoms with Crippen molar-refractivity contribution in [2.24, 2.45) is 5.41 Å². The van der Waals surface area contributed by atoms with Gasteiger partial charge >= 0.3 is 0 Å². The van der Waals surface area contributed by atoms with E-state index in [1.807, 2.05) is 53.4 Å². The number of nitrogens with one attached hydrogen (secondary N) is 1. The van der Waals surface area contributed by atoms with Crippen LogP contribution in [0.4, 0.5) is 11.5 Å². The first-order valence-electron chi connectivity index (χ1n) is 9.91. The minimum atomic E-state index is 0.0505. The molecule has 0 radical (unpaired) electrons. The molecular weight excluding hydrogens is 336 g/mol. The number of carbonyl (C=O) groups excluding carboxylic acids is 1. The second-order valence-electron chi connectivity index (χ2n) is 7.99. The van der Waals surface area contributed by atoms with E-state index in [2.05, 4.69) is 22.2 Å². The summed E-state index contributed by atoms with van der Waals surface area (Å²) in [7, 11) is 2.20. The number of pyridine rings is 1. The van der Waals surface area contributed by atoms with Gasteiger partial charge in [0.25, 0.3) is 5.91 Å². The lowest BCUT2D eigenvalue weighted by molar-refractivity contribution is 0.0349. The molecule has 0 atom stereocenters. The lowest BCUT2D eigenvalue weighted by atomic mass is 9.71. The van der Waals surface area contributed by atoms with Crippen LogP contribution in [0.25, 0.3) is 0 Å². The molecule has 4 rings (SSSR count). The molecule has 2 aromatic rings. The number of rotatable bonds is 3. The summed E-state index contributed by atoms with van der Waals surface area (Å²) in [6.07, 6.45) is 4.77. The molecule has 2 aliphatic heterocycles. The lowest BCUT2D eigenvalue weighted by Crippen LogP contribution is -2.47. The van der Waals surface area contributed by atoms with Gasteiger partial charge in [-0.05, 0) is 75.5 Å². The number of anilines is 2. The van der Waals surface area contributed by atoms with Crippen molar-refractivity contribution in [3.8, 4) is 0 Å². The third-order valence-corrected chi connectivity index (χ3v) is 6.17. The van der Waals surface area contributed by atoms with E-state index in [1.165, 1.54) is 25.9 Å². The highest BCUT2D eigenvalue weighted by Gasteiger charge is 2.38. The summed E-state index contributed by atoms with van der Waals surface area (Å²) in [4.78, 5) is 21.9. The van der Waals surface area contributed by atoms with Crippen molar-refractivity contribution < 1.29 is 4.79 Å². The van der Waals surface area contributed by atoms with Crippen molar-refractivity contribution in [3.63, 3.8) is 0 Å². The molecule has 0 unspecified atom stereocenters. The van der Waals surface area contributed by atoms with Crippen LogP contribution in [0.2, 0.25) is 0 Å². The van der Waals surface area contributed by atoms with E-state index in [4.69, 9.17) is 0 Å². The average Bonchev–Trinajstić information content (AvgIpc) is 2.71. The highest BCUT2D eigenvalue weighted by atomic mass is 16.2. The monoisotopic (exact) mass is 364 g/mol. The van der Waals surface area contributed by atoms with Crippen LogP contribution in [-0.4, -0.2) is 53.9 Å². The highest BCUT2D eigenvalue weighted by molar-refractivity contribution is 5.92. The summed E-state index contributed by atoms with van der Waals surface area (Å²) in [5.74, 6) is 0.755. The van der Waals surface area contributed by atoms with Gasteiger partial charge in [0.15, 0.2) is 0 Å². The minimum absolute atomic E-state index is 0.0505. The van der Waals surface area contributed by atoms with Gasteiger partial charge in [-0.3, -0.25) is 4.79 Å². The molecule has 2 saturated heterocycles. The molecule has 1 spiro atoms. The summed E-state index contributed by atoms with van der Waals surface area (Å²) < 4.78 is 0. The van der Waals surface area contributed by atoms with Crippen LogP contribution in [0.5, 0.6) is 0 Å². The number of piperidine rings is 2. The second-order valence-corrected chi connectivity index (χ2v) is 7.99. The first-order valence-corrected chi connectivity index (χ1v) is 9.91. The molecule has 1 N–H and O–H groups in total. The van der Waals surface area contributed by atoms with Crippen LogP contribution in [0.15, 0.2) is 48.5 Å². The molecule has 0 saturated carbocycles. The maximum atomic E-state index is 13.0. The summed E-state index contributed by atoms with van der Waals surface area (Å²) in [6, 6.07) is 15.5. The first kappa shape index (κ1) is 18.0. The van der Waals surface area contributed by atoms with Gasteiger partial charge in [-0.15, -0.1) is 0 Å². The molecule has 1 aromatic carbocycles. The van der Waals surface area contributed by atoms with Gasteiger partial charge in [0.2, 0.25) is 0 Å². The number of benzene rings is 1. The Bertz CT molecular complexity index is 774. The van der Waals surface area contributed by atoms with E-state index in [-0.39, 0.29) is 5.91 Å². The van der Waals surface area contributed by atoms with Crippen molar-refractivity contribution in [3.05, 3.63) is 54.2 Å². The molecular formula is C22H28N4O. The third kappa shape index (κ3) is 4.14. The van der Waals surface area contributed by atoms with Gasteiger partial charge in [-0.25, -0.2) is 4.98 Å². The Morgan fingerprint density at radius 1 is 0.926 bits per heavy atom. The normalized spacial score (nSPS) is 19.8. The zero-order valence-corrected chi connectivity index (χ0v) is 16.0. The topological polar surface area (TPSA) is 48.5 Å². The van der Waals surface area contributed by atoms with Crippen molar-refractivity contribution in [2.75, 3.05) is 38.5 Å². The summed E-state index contributed by atoms with van der Waals surface area (Å²) in [6.45, 7) is 4.06. The van der Waals surface area contributed by atoms with Crippen molar-refractivity contribution >= 4 is 17.4 Å². The number of nitrogens with zero attached hydrogens (tertiary/aromatic N) is 3. The molecule has 27 heavy (non-hydrogen) atoms. The maximum Gasteiger partial charge on any atom is 0.272 e. The fourth-order valence-corrected chi connectivity index (χ4v) is 4.23. The Kier molecular flexibility index (Phi) is 5.12.